The molecule has 0 aliphatic rings. The Morgan fingerprint density at radius 2 is 2.05 bits per heavy atom. The highest BCUT2D eigenvalue weighted by molar-refractivity contribution is 9.10. The van der Waals surface area contributed by atoms with Crippen molar-refractivity contribution in [2.75, 3.05) is 0 Å². The van der Waals surface area contributed by atoms with Gasteiger partial charge in [-0.3, -0.25) is 0 Å². The lowest BCUT2D eigenvalue weighted by Crippen LogP contribution is -2.05. The van der Waals surface area contributed by atoms with E-state index in [0.717, 1.165) is 10.1 Å². The second-order valence-corrected chi connectivity index (χ2v) is 6.90. The van der Waals surface area contributed by atoms with E-state index in [0.29, 0.717) is 19.9 Å². The summed E-state index contributed by atoms with van der Waals surface area (Å²) in [7, 11) is 0. The zero-order chi connectivity index (χ0) is 15.7. The topological polar surface area (TPSA) is 26.3 Å². The molecule has 0 atom stereocenters. The van der Waals surface area contributed by atoms with E-state index in [-0.39, 0.29) is 6.61 Å². The summed E-state index contributed by atoms with van der Waals surface area (Å²) in [5.41, 5.74) is 0.314. The molecule has 3 aromatic rings. The van der Waals surface area contributed by atoms with Crippen molar-refractivity contribution in [1.29, 1.82) is 0 Å². The summed E-state index contributed by atoms with van der Waals surface area (Å²) in [4.78, 5) is 12.5. The Labute approximate surface area is 143 Å². The molecule has 0 aliphatic carbocycles. The molecule has 0 aliphatic heterocycles. The third kappa shape index (κ3) is 3.02. The van der Waals surface area contributed by atoms with Gasteiger partial charge in [-0.15, -0.1) is 11.3 Å². The predicted molar refractivity (Wildman–Crippen MR) is 90.1 cm³/mol. The molecule has 0 fully saturated rings. The van der Waals surface area contributed by atoms with Gasteiger partial charge in [0.25, 0.3) is 0 Å². The molecule has 2 nitrogen and oxygen atoms in total. The van der Waals surface area contributed by atoms with E-state index >= 15 is 0 Å². The first-order valence-electron chi connectivity index (χ1n) is 6.34. The average molecular weight is 400 g/mol. The highest BCUT2D eigenvalue weighted by Crippen LogP contribution is 2.35. The molecule has 22 heavy (non-hydrogen) atoms. The van der Waals surface area contributed by atoms with Crippen molar-refractivity contribution in [2.45, 2.75) is 6.61 Å². The van der Waals surface area contributed by atoms with Crippen molar-refractivity contribution in [3.05, 3.63) is 68.2 Å². The summed E-state index contributed by atoms with van der Waals surface area (Å²) in [6.07, 6.45) is 0. The summed E-state index contributed by atoms with van der Waals surface area (Å²) in [6, 6.07) is 12.1. The van der Waals surface area contributed by atoms with Crippen LogP contribution >= 0.6 is 38.9 Å². The number of hydrogen-bond acceptors (Lipinski definition) is 3. The molecule has 0 saturated heterocycles. The number of thiophene rings is 1. The predicted octanol–water partition coefficient (Wildman–Crippen LogP) is 5.81. The summed E-state index contributed by atoms with van der Waals surface area (Å²) < 4.78 is 20.4. The number of hydrogen-bond donors (Lipinski definition) is 0. The minimum absolute atomic E-state index is 0.136. The maximum absolute atomic E-state index is 13.7. The highest BCUT2D eigenvalue weighted by Gasteiger charge is 2.18. The van der Waals surface area contributed by atoms with Crippen LogP contribution in [0.4, 0.5) is 4.39 Å². The minimum atomic E-state index is -0.548. The second-order valence-electron chi connectivity index (χ2n) is 4.55. The van der Waals surface area contributed by atoms with Crippen LogP contribution in [0.2, 0.25) is 5.02 Å². The van der Waals surface area contributed by atoms with Gasteiger partial charge >= 0.3 is 5.97 Å². The van der Waals surface area contributed by atoms with Gasteiger partial charge in [0.15, 0.2) is 0 Å². The molecule has 112 valence electrons. The molecule has 3 rings (SSSR count). The first-order valence-corrected chi connectivity index (χ1v) is 8.33. The van der Waals surface area contributed by atoms with Crippen LogP contribution in [0.15, 0.2) is 46.9 Å². The molecule has 0 bridgehead atoms. The SMILES string of the molecule is O=C(OCc1ccc(Br)cc1F)c1sc2ccccc2c1Cl. The lowest BCUT2D eigenvalue weighted by molar-refractivity contribution is 0.0475. The summed E-state index contributed by atoms with van der Waals surface area (Å²) in [6.45, 7) is -0.136. The van der Waals surface area contributed by atoms with Gasteiger partial charge in [0, 0.05) is 20.1 Å². The number of rotatable bonds is 3. The van der Waals surface area contributed by atoms with Crippen LogP contribution in [-0.2, 0) is 11.3 Å². The monoisotopic (exact) mass is 398 g/mol. The summed E-state index contributed by atoms with van der Waals surface area (Å²) in [5, 5.41) is 1.19. The Morgan fingerprint density at radius 1 is 1.27 bits per heavy atom. The lowest BCUT2D eigenvalue weighted by Gasteiger charge is -2.05. The van der Waals surface area contributed by atoms with Gasteiger partial charge in [0.1, 0.15) is 17.3 Å². The van der Waals surface area contributed by atoms with Crippen LogP contribution in [0.25, 0.3) is 10.1 Å². The molecule has 0 spiro atoms. The Hall–Kier alpha value is -1.43. The molecule has 2 aromatic carbocycles. The van der Waals surface area contributed by atoms with Gasteiger partial charge in [-0.05, 0) is 18.2 Å². The first-order chi connectivity index (χ1) is 10.6. The van der Waals surface area contributed by atoms with Crippen LogP contribution < -0.4 is 0 Å². The minimum Gasteiger partial charge on any atom is -0.456 e. The van der Waals surface area contributed by atoms with Crippen molar-refractivity contribution >= 4 is 54.9 Å². The third-order valence-corrected chi connectivity index (χ3v) is 5.24. The van der Waals surface area contributed by atoms with Gasteiger partial charge in [-0.2, -0.15) is 0 Å². The molecular weight excluding hydrogens is 391 g/mol. The zero-order valence-electron chi connectivity index (χ0n) is 11.1. The van der Waals surface area contributed by atoms with E-state index < -0.39 is 11.8 Å². The molecular formula is C16H9BrClFO2S. The van der Waals surface area contributed by atoms with Crippen LogP contribution in [0, 0.1) is 5.82 Å². The summed E-state index contributed by atoms with van der Waals surface area (Å²) >= 11 is 10.7. The second kappa shape index (κ2) is 6.36. The lowest BCUT2D eigenvalue weighted by atomic mass is 10.2. The largest absolute Gasteiger partial charge is 0.456 e. The van der Waals surface area contributed by atoms with E-state index in [9.17, 15) is 9.18 Å². The van der Waals surface area contributed by atoms with Gasteiger partial charge in [-0.25, -0.2) is 9.18 Å². The fraction of sp³-hybridized carbons (Fsp3) is 0.0625. The number of carbonyl (C=O) groups excluding carboxylic acids is 1. The molecule has 0 N–H and O–H groups in total. The molecule has 0 unspecified atom stereocenters. The number of fused-ring (bicyclic) bond motifs is 1. The van der Waals surface area contributed by atoms with Crippen molar-refractivity contribution in [3.8, 4) is 0 Å². The van der Waals surface area contributed by atoms with E-state index in [1.807, 2.05) is 24.3 Å². The van der Waals surface area contributed by atoms with E-state index in [1.165, 1.54) is 17.4 Å². The van der Waals surface area contributed by atoms with Crippen LogP contribution in [-0.4, -0.2) is 5.97 Å². The molecule has 0 amide bonds. The standard InChI is InChI=1S/C16H9BrClFO2S/c17-10-6-5-9(12(19)7-10)8-21-16(20)15-14(18)11-3-1-2-4-13(11)22-15/h1-7H,8H2. The first kappa shape index (κ1) is 15.5. The van der Waals surface area contributed by atoms with E-state index in [1.54, 1.807) is 12.1 Å². The van der Waals surface area contributed by atoms with E-state index in [2.05, 4.69) is 15.9 Å². The fourth-order valence-electron chi connectivity index (χ4n) is 1.99. The number of benzene rings is 2. The van der Waals surface area contributed by atoms with Gasteiger partial charge in [-0.1, -0.05) is 51.8 Å². The maximum Gasteiger partial charge on any atom is 0.350 e. The van der Waals surface area contributed by atoms with Gasteiger partial charge in [0.2, 0.25) is 0 Å². The Balaban J connectivity index is 1.80. The van der Waals surface area contributed by atoms with Crippen LogP contribution in [0.3, 0.4) is 0 Å². The van der Waals surface area contributed by atoms with Gasteiger partial charge in [0.05, 0.1) is 5.02 Å². The zero-order valence-corrected chi connectivity index (χ0v) is 14.3. The van der Waals surface area contributed by atoms with Crippen molar-refractivity contribution < 1.29 is 13.9 Å². The molecule has 1 heterocycles. The number of ether oxygens (including phenoxy) is 1. The van der Waals surface area contributed by atoms with Gasteiger partial charge < -0.3 is 4.74 Å². The number of halogens is 3. The maximum atomic E-state index is 13.7. The molecule has 1 aromatic heterocycles. The summed E-state index contributed by atoms with van der Waals surface area (Å²) in [5.74, 6) is -0.974. The quantitative estimate of drug-likeness (QED) is 0.519. The smallest absolute Gasteiger partial charge is 0.350 e. The molecule has 0 saturated carbocycles. The number of carbonyl (C=O) groups is 1. The third-order valence-electron chi connectivity index (χ3n) is 3.09. The molecule has 6 heteroatoms. The Bertz CT molecular complexity index is 862. The van der Waals surface area contributed by atoms with E-state index in [4.69, 9.17) is 16.3 Å². The van der Waals surface area contributed by atoms with Crippen molar-refractivity contribution in [2.24, 2.45) is 0 Å². The fourth-order valence-corrected chi connectivity index (χ4v) is 3.73. The van der Waals surface area contributed by atoms with Crippen LogP contribution in [0.1, 0.15) is 15.2 Å². The van der Waals surface area contributed by atoms with Crippen molar-refractivity contribution in [1.82, 2.24) is 0 Å². The molecule has 0 radical (unpaired) electrons. The Kier molecular flexibility index (Phi) is 4.47. The van der Waals surface area contributed by atoms with Crippen molar-refractivity contribution in [3.63, 3.8) is 0 Å². The number of esters is 1. The van der Waals surface area contributed by atoms with Crippen LogP contribution in [0.5, 0.6) is 0 Å². The Morgan fingerprint density at radius 3 is 2.77 bits per heavy atom. The normalized spacial score (nSPS) is 10.9. The average Bonchev–Trinajstić information content (AvgIpc) is 2.84. The highest BCUT2D eigenvalue weighted by atomic mass is 79.9.